The van der Waals surface area contributed by atoms with Crippen molar-refractivity contribution in [1.82, 2.24) is 4.90 Å². The van der Waals surface area contributed by atoms with Crippen LogP contribution in [0, 0.1) is 0 Å². The van der Waals surface area contributed by atoms with Gasteiger partial charge in [-0.1, -0.05) is 0 Å². The molecule has 76 valence electrons. The Balaban J connectivity index is 2.06. The number of aliphatic hydroxyl groups excluding tert-OH is 1. The van der Waals surface area contributed by atoms with E-state index >= 15 is 0 Å². The van der Waals surface area contributed by atoms with Gasteiger partial charge in [0.2, 0.25) is 0 Å². The second-order valence-electron chi connectivity index (χ2n) is 4.33. The molecule has 0 amide bonds. The molecule has 3 heteroatoms. The van der Waals surface area contributed by atoms with Crippen molar-refractivity contribution in [3.05, 3.63) is 0 Å². The van der Waals surface area contributed by atoms with Crippen molar-refractivity contribution in [3.63, 3.8) is 0 Å². The van der Waals surface area contributed by atoms with Crippen molar-refractivity contribution < 1.29 is 9.84 Å². The van der Waals surface area contributed by atoms with Crippen molar-refractivity contribution >= 4 is 0 Å². The SMILES string of the molecule is COC[C@@H]1CC[C@]2(CO)CCCN12. The summed E-state index contributed by atoms with van der Waals surface area (Å²) < 4.78 is 5.20. The third kappa shape index (κ3) is 1.39. The first-order chi connectivity index (χ1) is 6.32. The zero-order valence-electron chi connectivity index (χ0n) is 8.33. The number of hydrogen-bond acceptors (Lipinski definition) is 3. The number of fused-ring (bicyclic) bond motifs is 1. The molecular formula is C10H19NO2. The standard InChI is InChI=1S/C10H19NO2/c1-13-7-9-3-5-10(8-12)4-2-6-11(9)10/h9,12H,2-8H2,1H3/t9-,10-/m0/s1. The first-order valence-electron chi connectivity index (χ1n) is 5.19. The molecule has 0 aromatic rings. The van der Waals surface area contributed by atoms with Gasteiger partial charge < -0.3 is 9.84 Å². The highest BCUT2D eigenvalue weighted by Gasteiger charge is 2.48. The molecule has 3 nitrogen and oxygen atoms in total. The van der Waals surface area contributed by atoms with E-state index in [0.717, 1.165) is 19.6 Å². The van der Waals surface area contributed by atoms with Gasteiger partial charge in [-0.3, -0.25) is 4.90 Å². The molecule has 2 fully saturated rings. The van der Waals surface area contributed by atoms with Gasteiger partial charge in [-0.05, 0) is 32.2 Å². The number of aliphatic hydroxyl groups is 1. The highest BCUT2D eigenvalue weighted by molar-refractivity contribution is 5.03. The van der Waals surface area contributed by atoms with Crippen LogP contribution in [-0.4, -0.2) is 48.5 Å². The number of methoxy groups -OCH3 is 1. The lowest BCUT2D eigenvalue weighted by molar-refractivity contribution is 0.0476. The van der Waals surface area contributed by atoms with Crippen LogP contribution in [0.1, 0.15) is 25.7 Å². The van der Waals surface area contributed by atoms with Crippen LogP contribution in [0.5, 0.6) is 0 Å². The third-order valence-corrected chi connectivity index (χ3v) is 3.69. The van der Waals surface area contributed by atoms with E-state index in [2.05, 4.69) is 4.90 Å². The Morgan fingerprint density at radius 2 is 2.38 bits per heavy atom. The fourth-order valence-corrected chi connectivity index (χ4v) is 3.00. The van der Waals surface area contributed by atoms with Crippen molar-refractivity contribution in [2.45, 2.75) is 37.3 Å². The molecule has 1 N–H and O–H groups in total. The third-order valence-electron chi connectivity index (χ3n) is 3.69. The molecule has 0 aromatic heterocycles. The topological polar surface area (TPSA) is 32.7 Å². The Morgan fingerprint density at radius 1 is 1.54 bits per heavy atom. The molecule has 13 heavy (non-hydrogen) atoms. The molecule has 0 aliphatic carbocycles. The summed E-state index contributed by atoms with van der Waals surface area (Å²) in [7, 11) is 1.76. The van der Waals surface area contributed by atoms with E-state index in [-0.39, 0.29) is 5.54 Å². The van der Waals surface area contributed by atoms with Gasteiger partial charge >= 0.3 is 0 Å². The Bertz CT molecular complexity index is 186. The monoisotopic (exact) mass is 185 g/mol. The smallest absolute Gasteiger partial charge is 0.0618 e. The predicted octanol–water partition coefficient (Wildman–Crippen LogP) is 0.622. The van der Waals surface area contributed by atoms with Crippen molar-refractivity contribution in [2.75, 3.05) is 26.9 Å². The van der Waals surface area contributed by atoms with Gasteiger partial charge in [-0.25, -0.2) is 0 Å². The second kappa shape index (κ2) is 3.56. The Labute approximate surface area is 79.7 Å². The van der Waals surface area contributed by atoms with Crippen molar-refractivity contribution in [2.24, 2.45) is 0 Å². The zero-order chi connectivity index (χ0) is 9.31. The molecular weight excluding hydrogens is 166 g/mol. The summed E-state index contributed by atoms with van der Waals surface area (Å²) in [4.78, 5) is 2.47. The predicted molar refractivity (Wildman–Crippen MR) is 50.7 cm³/mol. The van der Waals surface area contributed by atoms with Crippen LogP contribution >= 0.6 is 0 Å². The number of nitrogens with zero attached hydrogens (tertiary/aromatic N) is 1. The van der Waals surface area contributed by atoms with E-state index in [0.29, 0.717) is 12.6 Å². The van der Waals surface area contributed by atoms with E-state index in [1.807, 2.05) is 0 Å². The van der Waals surface area contributed by atoms with Crippen LogP contribution in [-0.2, 0) is 4.74 Å². The summed E-state index contributed by atoms with van der Waals surface area (Å²) in [6.07, 6.45) is 4.75. The highest BCUT2D eigenvalue weighted by atomic mass is 16.5. The molecule has 2 saturated heterocycles. The van der Waals surface area contributed by atoms with E-state index in [9.17, 15) is 5.11 Å². The minimum Gasteiger partial charge on any atom is -0.394 e. The maximum atomic E-state index is 9.43. The fourth-order valence-electron chi connectivity index (χ4n) is 3.00. The zero-order valence-corrected chi connectivity index (χ0v) is 8.33. The lowest BCUT2D eigenvalue weighted by Gasteiger charge is -2.33. The molecule has 2 aliphatic rings. The van der Waals surface area contributed by atoms with Gasteiger partial charge in [-0.15, -0.1) is 0 Å². The van der Waals surface area contributed by atoms with Gasteiger partial charge in [0.1, 0.15) is 0 Å². The summed E-state index contributed by atoms with van der Waals surface area (Å²) in [5.74, 6) is 0. The molecule has 2 atom stereocenters. The van der Waals surface area contributed by atoms with Crippen LogP contribution in [0.4, 0.5) is 0 Å². The van der Waals surface area contributed by atoms with Crippen LogP contribution in [0.15, 0.2) is 0 Å². The van der Waals surface area contributed by atoms with Gasteiger partial charge in [0.05, 0.1) is 13.2 Å². The molecule has 0 saturated carbocycles. The van der Waals surface area contributed by atoms with Gasteiger partial charge in [0.15, 0.2) is 0 Å². The van der Waals surface area contributed by atoms with E-state index in [4.69, 9.17) is 4.74 Å². The van der Waals surface area contributed by atoms with E-state index in [1.54, 1.807) is 7.11 Å². The average Bonchev–Trinajstić information content (AvgIpc) is 2.67. The minimum absolute atomic E-state index is 0.128. The molecule has 0 bridgehead atoms. The summed E-state index contributed by atoms with van der Waals surface area (Å²) in [6, 6.07) is 0.555. The second-order valence-corrected chi connectivity index (χ2v) is 4.33. The van der Waals surface area contributed by atoms with Crippen LogP contribution in [0.25, 0.3) is 0 Å². The molecule has 0 aromatic carbocycles. The molecule has 2 aliphatic heterocycles. The molecule has 0 unspecified atom stereocenters. The van der Waals surface area contributed by atoms with Gasteiger partial charge in [0, 0.05) is 18.7 Å². The Kier molecular flexibility index (Phi) is 2.58. The normalized spacial score (nSPS) is 39.7. The number of hydrogen-bond donors (Lipinski definition) is 1. The van der Waals surface area contributed by atoms with Crippen molar-refractivity contribution in [3.8, 4) is 0 Å². The first-order valence-corrected chi connectivity index (χ1v) is 5.19. The van der Waals surface area contributed by atoms with Crippen LogP contribution < -0.4 is 0 Å². The van der Waals surface area contributed by atoms with Crippen LogP contribution in [0.3, 0.4) is 0 Å². The Hall–Kier alpha value is -0.120. The number of ether oxygens (including phenoxy) is 1. The lowest BCUT2D eigenvalue weighted by atomic mass is 9.95. The molecule has 0 radical (unpaired) electrons. The quantitative estimate of drug-likeness (QED) is 0.699. The van der Waals surface area contributed by atoms with Gasteiger partial charge in [-0.2, -0.15) is 0 Å². The summed E-state index contributed by atoms with van der Waals surface area (Å²) in [5, 5.41) is 9.43. The maximum absolute atomic E-state index is 9.43. The van der Waals surface area contributed by atoms with Gasteiger partial charge in [0.25, 0.3) is 0 Å². The highest BCUT2D eigenvalue weighted by Crippen LogP contribution is 2.41. The summed E-state index contributed by atoms with van der Waals surface area (Å²) >= 11 is 0. The maximum Gasteiger partial charge on any atom is 0.0618 e. The van der Waals surface area contributed by atoms with Crippen molar-refractivity contribution in [1.29, 1.82) is 0 Å². The van der Waals surface area contributed by atoms with E-state index in [1.165, 1.54) is 19.3 Å². The largest absolute Gasteiger partial charge is 0.394 e. The summed E-state index contributed by atoms with van der Waals surface area (Å²) in [5.41, 5.74) is 0.128. The summed E-state index contributed by atoms with van der Waals surface area (Å²) in [6.45, 7) is 2.30. The first kappa shape index (κ1) is 9.44. The van der Waals surface area contributed by atoms with Crippen LogP contribution in [0.2, 0.25) is 0 Å². The number of rotatable bonds is 3. The molecule has 2 rings (SSSR count). The molecule has 0 spiro atoms. The minimum atomic E-state index is 0.128. The lowest BCUT2D eigenvalue weighted by Crippen LogP contribution is -2.46. The average molecular weight is 185 g/mol. The Morgan fingerprint density at radius 3 is 3.08 bits per heavy atom. The molecule has 2 heterocycles. The van der Waals surface area contributed by atoms with E-state index < -0.39 is 0 Å². The fraction of sp³-hybridized carbons (Fsp3) is 1.00.